The Kier molecular flexibility index (Phi) is 4.53. The summed E-state index contributed by atoms with van der Waals surface area (Å²) in [6.07, 6.45) is 2.59. The largest absolute Gasteiger partial charge is 0.491 e. The van der Waals surface area contributed by atoms with E-state index in [1.807, 2.05) is 18.2 Å². The highest BCUT2D eigenvalue weighted by atomic mass is 16.5. The molecule has 0 fully saturated rings. The van der Waals surface area contributed by atoms with E-state index in [2.05, 4.69) is 31.4 Å². The van der Waals surface area contributed by atoms with Crippen LogP contribution in [0.3, 0.4) is 0 Å². The van der Waals surface area contributed by atoms with Gasteiger partial charge in [-0.1, -0.05) is 26.8 Å². The van der Waals surface area contributed by atoms with Gasteiger partial charge < -0.3 is 15.4 Å². The van der Waals surface area contributed by atoms with Crippen LogP contribution in [0, 0.1) is 5.41 Å². The molecule has 0 saturated heterocycles. The van der Waals surface area contributed by atoms with Gasteiger partial charge in [0.15, 0.2) is 0 Å². The van der Waals surface area contributed by atoms with Crippen molar-refractivity contribution in [1.82, 2.24) is 0 Å². The average Bonchev–Trinajstić information content (AvgIpc) is 2.62. The van der Waals surface area contributed by atoms with E-state index in [-0.39, 0.29) is 11.3 Å². The summed E-state index contributed by atoms with van der Waals surface area (Å²) in [5.41, 5.74) is 1.37. The minimum Gasteiger partial charge on any atom is -0.491 e. The number of nitrogens with one attached hydrogen (secondary N) is 2. The van der Waals surface area contributed by atoms with E-state index in [1.54, 1.807) is 0 Å². The molecule has 4 nitrogen and oxygen atoms in total. The molecule has 0 atom stereocenters. The van der Waals surface area contributed by atoms with Crippen LogP contribution in [-0.2, 0) is 4.79 Å². The number of carbonyl (C=O) groups is 1. The summed E-state index contributed by atoms with van der Waals surface area (Å²) in [6.45, 7) is 7.51. The van der Waals surface area contributed by atoms with Gasteiger partial charge >= 0.3 is 0 Å². The first-order chi connectivity index (χ1) is 9.66. The molecular formula is C16H24N2O2. The number of fused-ring (bicyclic) bond motifs is 1. The first-order valence-corrected chi connectivity index (χ1v) is 7.48. The fourth-order valence-electron chi connectivity index (χ4n) is 2.55. The van der Waals surface area contributed by atoms with Crippen molar-refractivity contribution < 1.29 is 9.53 Å². The van der Waals surface area contributed by atoms with Gasteiger partial charge in [-0.15, -0.1) is 0 Å². The molecule has 1 aliphatic heterocycles. The van der Waals surface area contributed by atoms with E-state index in [4.69, 9.17) is 4.74 Å². The fourth-order valence-corrected chi connectivity index (χ4v) is 2.55. The highest BCUT2D eigenvalue weighted by Gasteiger charge is 2.37. The number of rotatable bonds is 5. The van der Waals surface area contributed by atoms with Gasteiger partial charge in [0, 0.05) is 6.54 Å². The number of para-hydroxylation sites is 1. The molecule has 1 heterocycles. The number of hydrogen-bond acceptors (Lipinski definition) is 3. The molecule has 1 aromatic carbocycles. The number of hydrogen-bond donors (Lipinski definition) is 2. The van der Waals surface area contributed by atoms with Crippen molar-refractivity contribution >= 4 is 17.3 Å². The molecule has 0 aliphatic carbocycles. The van der Waals surface area contributed by atoms with Crippen molar-refractivity contribution in [2.45, 2.75) is 40.0 Å². The first-order valence-electron chi connectivity index (χ1n) is 7.48. The summed E-state index contributed by atoms with van der Waals surface area (Å²) in [5.74, 6) is 0.828. The maximum absolute atomic E-state index is 12.6. The van der Waals surface area contributed by atoms with Crippen molar-refractivity contribution in [2.24, 2.45) is 5.41 Å². The minimum atomic E-state index is -0.346. The Hall–Kier alpha value is -1.71. The second kappa shape index (κ2) is 6.16. The lowest BCUT2D eigenvalue weighted by molar-refractivity contribution is -0.125. The number of anilines is 2. The van der Waals surface area contributed by atoms with Crippen molar-refractivity contribution in [3.8, 4) is 5.75 Å². The van der Waals surface area contributed by atoms with Gasteiger partial charge in [-0.2, -0.15) is 0 Å². The second-order valence-corrected chi connectivity index (χ2v) is 5.32. The Balaban J connectivity index is 2.33. The average molecular weight is 276 g/mol. The third kappa shape index (κ3) is 2.60. The molecule has 0 spiro atoms. The predicted molar refractivity (Wildman–Crippen MR) is 82.4 cm³/mol. The summed E-state index contributed by atoms with van der Waals surface area (Å²) in [4.78, 5) is 12.6. The van der Waals surface area contributed by atoms with Gasteiger partial charge in [0.2, 0.25) is 5.91 Å². The van der Waals surface area contributed by atoms with E-state index >= 15 is 0 Å². The number of carbonyl (C=O) groups excluding carboxylic acids is 1. The molecule has 1 amide bonds. The zero-order valence-electron chi connectivity index (χ0n) is 12.6. The van der Waals surface area contributed by atoms with Gasteiger partial charge in [0.25, 0.3) is 0 Å². The van der Waals surface area contributed by atoms with Crippen LogP contribution in [0.5, 0.6) is 5.75 Å². The lowest BCUT2D eigenvalue weighted by atomic mass is 9.81. The molecule has 1 aliphatic rings. The topological polar surface area (TPSA) is 50.4 Å². The molecule has 0 aromatic heterocycles. The van der Waals surface area contributed by atoms with Gasteiger partial charge in [-0.05, 0) is 31.4 Å². The molecule has 0 bridgehead atoms. The molecule has 2 N–H and O–H groups in total. The Morgan fingerprint density at radius 2 is 2.00 bits per heavy atom. The van der Waals surface area contributed by atoms with Crippen molar-refractivity contribution in [1.29, 1.82) is 0 Å². The van der Waals surface area contributed by atoms with Gasteiger partial charge in [0.05, 0.1) is 17.7 Å². The molecule has 4 heteroatoms. The maximum Gasteiger partial charge on any atom is 0.232 e. The molecule has 2 rings (SSSR count). The summed E-state index contributed by atoms with van der Waals surface area (Å²) in [6, 6.07) is 5.84. The maximum atomic E-state index is 12.6. The quantitative estimate of drug-likeness (QED) is 0.863. The standard InChI is InChI=1S/C16H24N2O2/c1-4-10-20-13-9-7-8-12-14(13)18-15(19)16(5-2,6-3)11-17-12/h7-9,17H,4-6,10-11H2,1-3H3,(H,18,19). The first kappa shape index (κ1) is 14.7. The lowest BCUT2D eigenvalue weighted by Crippen LogP contribution is -2.39. The monoisotopic (exact) mass is 276 g/mol. The number of amides is 1. The van der Waals surface area contributed by atoms with Crippen molar-refractivity contribution in [2.75, 3.05) is 23.8 Å². The van der Waals surface area contributed by atoms with Crippen LogP contribution >= 0.6 is 0 Å². The minimum absolute atomic E-state index is 0.0845. The molecule has 20 heavy (non-hydrogen) atoms. The lowest BCUT2D eigenvalue weighted by Gasteiger charge is -2.27. The zero-order valence-corrected chi connectivity index (χ0v) is 12.6. The van der Waals surface area contributed by atoms with Gasteiger partial charge in [0.1, 0.15) is 11.4 Å². The van der Waals surface area contributed by atoms with E-state index in [0.717, 1.165) is 36.4 Å². The summed E-state index contributed by atoms with van der Waals surface area (Å²) in [5, 5.41) is 6.47. The third-order valence-electron chi connectivity index (χ3n) is 4.18. The Labute approximate surface area is 120 Å². The third-order valence-corrected chi connectivity index (χ3v) is 4.18. The second-order valence-electron chi connectivity index (χ2n) is 5.32. The SMILES string of the molecule is CCCOc1cccc2c1NC(=O)C(CC)(CC)CN2. The molecule has 110 valence electrons. The van der Waals surface area contributed by atoms with Crippen molar-refractivity contribution in [3.63, 3.8) is 0 Å². The van der Waals surface area contributed by atoms with Crippen LogP contribution in [-0.4, -0.2) is 19.1 Å². The smallest absolute Gasteiger partial charge is 0.232 e. The van der Waals surface area contributed by atoms with Crippen LogP contribution in [0.15, 0.2) is 18.2 Å². The molecule has 1 aromatic rings. The van der Waals surface area contributed by atoms with E-state index in [1.165, 1.54) is 0 Å². The summed E-state index contributed by atoms with van der Waals surface area (Å²) < 4.78 is 5.74. The molecule has 0 unspecified atom stereocenters. The van der Waals surface area contributed by atoms with Crippen molar-refractivity contribution in [3.05, 3.63) is 18.2 Å². The highest BCUT2D eigenvalue weighted by Crippen LogP contribution is 2.39. The normalized spacial score (nSPS) is 16.6. The Morgan fingerprint density at radius 1 is 1.25 bits per heavy atom. The zero-order chi connectivity index (χ0) is 14.6. The van der Waals surface area contributed by atoms with Crippen LogP contribution in [0.25, 0.3) is 0 Å². The number of benzene rings is 1. The predicted octanol–water partition coefficient (Wildman–Crippen LogP) is 3.65. The van der Waals surface area contributed by atoms with Gasteiger partial charge in [-0.25, -0.2) is 0 Å². The van der Waals surface area contributed by atoms with Crippen LogP contribution in [0.2, 0.25) is 0 Å². The highest BCUT2D eigenvalue weighted by molar-refractivity contribution is 6.01. The van der Waals surface area contributed by atoms with Crippen LogP contribution in [0.4, 0.5) is 11.4 Å². The number of ether oxygens (including phenoxy) is 1. The molecular weight excluding hydrogens is 252 g/mol. The Morgan fingerprint density at radius 3 is 2.65 bits per heavy atom. The Bertz CT molecular complexity index is 481. The molecule has 0 saturated carbocycles. The van der Waals surface area contributed by atoms with E-state index in [9.17, 15) is 4.79 Å². The fraction of sp³-hybridized carbons (Fsp3) is 0.562. The van der Waals surface area contributed by atoms with Gasteiger partial charge in [-0.3, -0.25) is 4.79 Å². The van der Waals surface area contributed by atoms with Crippen LogP contribution < -0.4 is 15.4 Å². The summed E-state index contributed by atoms with van der Waals surface area (Å²) >= 11 is 0. The summed E-state index contributed by atoms with van der Waals surface area (Å²) in [7, 11) is 0. The van der Waals surface area contributed by atoms with E-state index in [0.29, 0.717) is 13.2 Å². The van der Waals surface area contributed by atoms with E-state index < -0.39 is 0 Å². The molecule has 0 radical (unpaired) electrons. The van der Waals surface area contributed by atoms with Crippen LogP contribution in [0.1, 0.15) is 40.0 Å².